The molecule has 2 heterocycles. The highest BCUT2D eigenvalue weighted by Gasteiger charge is 2.25. The molecule has 154 valence electrons. The summed E-state index contributed by atoms with van der Waals surface area (Å²) in [4.78, 5) is 23.2. The number of carbonyl (C=O) groups excluding carboxylic acids is 2. The summed E-state index contributed by atoms with van der Waals surface area (Å²) >= 11 is 0. The molecule has 3 amide bonds. The lowest BCUT2D eigenvalue weighted by Gasteiger charge is -2.36. The summed E-state index contributed by atoms with van der Waals surface area (Å²) in [6.45, 7) is 5.72. The third-order valence-electron chi connectivity index (χ3n) is 4.75. The zero-order valence-electron chi connectivity index (χ0n) is 16.4. The molecule has 1 aromatic carbocycles. The number of rotatable bonds is 7. The van der Waals surface area contributed by atoms with Crippen LogP contribution in [0.1, 0.15) is 32.3 Å². The van der Waals surface area contributed by atoms with Gasteiger partial charge in [-0.15, -0.1) is 0 Å². The average Bonchev–Trinajstić information content (AvgIpc) is 3.08. The number of amides is 3. The Kier molecular flexibility index (Phi) is 7.07. The fourth-order valence-corrected chi connectivity index (χ4v) is 3.44. The van der Waals surface area contributed by atoms with E-state index in [2.05, 4.69) is 38.8 Å². The highest BCUT2D eigenvalue weighted by Crippen LogP contribution is 2.27. The summed E-state index contributed by atoms with van der Waals surface area (Å²) in [5.74, 6) is 0.877. The summed E-state index contributed by atoms with van der Waals surface area (Å²) in [6.07, 6.45) is 2.35. The van der Waals surface area contributed by atoms with E-state index in [1.54, 1.807) is 0 Å². The van der Waals surface area contributed by atoms with Gasteiger partial charge in [-0.3, -0.25) is 15.4 Å². The van der Waals surface area contributed by atoms with Gasteiger partial charge in [-0.1, -0.05) is 0 Å². The van der Waals surface area contributed by atoms with Gasteiger partial charge in [0.25, 0.3) is 0 Å². The second kappa shape index (κ2) is 9.72. The lowest BCUT2D eigenvalue weighted by Crippen LogP contribution is -2.67. The summed E-state index contributed by atoms with van der Waals surface area (Å²) in [5.41, 5.74) is 1.86. The largest absolute Gasteiger partial charge is 0.493 e. The maximum atomic E-state index is 12.4. The van der Waals surface area contributed by atoms with Crippen LogP contribution in [0.2, 0.25) is 0 Å². The van der Waals surface area contributed by atoms with Crippen LogP contribution in [-0.4, -0.2) is 50.1 Å². The van der Waals surface area contributed by atoms with Gasteiger partial charge in [0.2, 0.25) is 5.91 Å². The molecule has 3 atom stereocenters. The zero-order valence-corrected chi connectivity index (χ0v) is 16.4. The lowest BCUT2D eigenvalue weighted by molar-refractivity contribution is -0.118. The highest BCUT2D eigenvalue weighted by molar-refractivity contribution is 5.89. The Morgan fingerprint density at radius 1 is 1.25 bits per heavy atom. The summed E-state index contributed by atoms with van der Waals surface area (Å²) in [6, 6.07) is 5.65. The third kappa shape index (κ3) is 6.08. The Morgan fingerprint density at radius 2 is 2.11 bits per heavy atom. The molecule has 1 fully saturated rings. The average molecular weight is 390 g/mol. The maximum absolute atomic E-state index is 12.4. The predicted molar refractivity (Wildman–Crippen MR) is 107 cm³/mol. The van der Waals surface area contributed by atoms with E-state index in [1.807, 2.05) is 18.2 Å². The van der Waals surface area contributed by atoms with E-state index in [9.17, 15) is 9.59 Å². The van der Waals surface area contributed by atoms with Gasteiger partial charge in [0.15, 0.2) is 0 Å². The van der Waals surface area contributed by atoms with Crippen LogP contribution < -0.4 is 36.6 Å². The Morgan fingerprint density at radius 3 is 2.93 bits per heavy atom. The van der Waals surface area contributed by atoms with Crippen LogP contribution in [0.4, 0.5) is 10.5 Å². The fourth-order valence-electron chi connectivity index (χ4n) is 3.44. The molecule has 1 saturated heterocycles. The van der Waals surface area contributed by atoms with Gasteiger partial charge in [0.1, 0.15) is 12.0 Å². The highest BCUT2D eigenvalue weighted by atomic mass is 16.5. The Bertz CT molecular complexity index is 698. The molecule has 28 heavy (non-hydrogen) atoms. The first-order chi connectivity index (χ1) is 13.5. The minimum Gasteiger partial charge on any atom is -0.493 e. The van der Waals surface area contributed by atoms with E-state index < -0.39 is 0 Å². The molecular weight excluding hydrogens is 360 g/mol. The van der Waals surface area contributed by atoms with E-state index in [4.69, 9.17) is 4.74 Å². The first-order valence-corrected chi connectivity index (χ1v) is 9.83. The standard InChI is InChI=1S/C19H30N6O3/c1-12-10-17(21-8-3-7-20-13(2)26)24-18(22-12)25-19(27)23-15-4-5-16-14(11-15)6-9-28-16/h4-5,11-12,17-18,21-22,24H,3,6-10H2,1-2H3,(H,20,26)(H2,23,25,27). The van der Waals surface area contributed by atoms with Gasteiger partial charge in [-0.2, -0.15) is 0 Å². The minimum atomic E-state index is -0.339. The van der Waals surface area contributed by atoms with E-state index in [0.717, 1.165) is 42.8 Å². The van der Waals surface area contributed by atoms with Crippen molar-refractivity contribution in [2.24, 2.45) is 0 Å². The fraction of sp³-hybridized carbons (Fsp3) is 0.579. The number of carbonyl (C=O) groups is 2. The summed E-state index contributed by atoms with van der Waals surface area (Å²) in [5, 5.41) is 18.6. The molecule has 2 aliphatic heterocycles. The third-order valence-corrected chi connectivity index (χ3v) is 4.75. The number of hydrogen-bond acceptors (Lipinski definition) is 6. The first kappa shape index (κ1) is 20.4. The van der Waals surface area contributed by atoms with Crippen molar-refractivity contribution in [2.45, 2.75) is 51.6 Å². The van der Waals surface area contributed by atoms with Gasteiger partial charge < -0.3 is 26.0 Å². The van der Waals surface area contributed by atoms with Crippen molar-refractivity contribution in [3.63, 3.8) is 0 Å². The molecule has 3 unspecified atom stereocenters. The second-order valence-electron chi connectivity index (χ2n) is 7.27. The number of fused-ring (bicyclic) bond motifs is 1. The van der Waals surface area contributed by atoms with Crippen LogP contribution >= 0.6 is 0 Å². The van der Waals surface area contributed by atoms with Gasteiger partial charge in [-0.05, 0) is 50.1 Å². The SMILES string of the molecule is CC(=O)NCCCNC1CC(C)NC(NC(=O)Nc2ccc3c(c2)CCO3)N1. The van der Waals surface area contributed by atoms with Crippen LogP contribution in [0.25, 0.3) is 0 Å². The molecule has 9 heteroatoms. The molecule has 2 aliphatic rings. The van der Waals surface area contributed by atoms with Gasteiger partial charge >= 0.3 is 6.03 Å². The molecule has 3 rings (SSSR count). The molecular formula is C19H30N6O3. The van der Waals surface area contributed by atoms with E-state index >= 15 is 0 Å². The maximum Gasteiger partial charge on any atom is 0.321 e. The van der Waals surface area contributed by atoms with Crippen molar-refractivity contribution in [3.05, 3.63) is 23.8 Å². The quantitative estimate of drug-likeness (QED) is 0.377. The van der Waals surface area contributed by atoms with Crippen molar-refractivity contribution in [1.82, 2.24) is 26.6 Å². The lowest BCUT2D eigenvalue weighted by atomic mass is 10.1. The van der Waals surface area contributed by atoms with Crippen LogP contribution in [0.3, 0.4) is 0 Å². The molecule has 0 spiro atoms. The Labute approximate surface area is 165 Å². The number of hydrogen-bond donors (Lipinski definition) is 6. The van der Waals surface area contributed by atoms with Gasteiger partial charge in [-0.25, -0.2) is 4.79 Å². The molecule has 0 saturated carbocycles. The van der Waals surface area contributed by atoms with Crippen LogP contribution in [0.15, 0.2) is 18.2 Å². The first-order valence-electron chi connectivity index (χ1n) is 9.83. The van der Waals surface area contributed by atoms with E-state index in [1.165, 1.54) is 6.92 Å². The van der Waals surface area contributed by atoms with Crippen LogP contribution in [0.5, 0.6) is 5.75 Å². The molecule has 0 aliphatic carbocycles. The smallest absolute Gasteiger partial charge is 0.321 e. The molecule has 0 radical (unpaired) electrons. The number of nitrogens with one attached hydrogen (secondary N) is 6. The number of urea groups is 1. The molecule has 0 aromatic heterocycles. The summed E-state index contributed by atoms with van der Waals surface area (Å²) in [7, 11) is 0. The summed E-state index contributed by atoms with van der Waals surface area (Å²) < 4.78 is 5.49. The monoisotopic (exact) mass is 390 g/mol. The van der Waals surface area contributed by atoms with Crippen molar-refractivity contribution >= 4 is 17.6 Å². The number of benzene rings is 1. The number of ether oxygens (including phenoxy) is 1. The number of anilines is 1. The minimum absolute atomic E-state index is 0.0141. The van der Waals surface area contributed by atoms with Crippen LogP contribution in [0, 0.1) is 0 Å². The van der Waals surface area contributed by atoms with Crippen LogP contribution in [-0.2, 0) is 11.2 Å². The second-order valence-corrected chi connectivity index (χ2v) is 7.27. The van der Waals surface area contributed by atoms with E-state index in [0.29, 0.717) is 13.2 Å². The molecule has 1 aromatic rings. The van der Waals surface area contributed by atoms with Gasteiger partial charge in [0, 0.05) is 31.6 Å². The van der Waals surface area contributed by atoms with Crippen molar-refractivity contribution in [2.75, 3.05) is 25.0 Å². The van der Waals surface area contributed by atoms with E-state index in [-0.39, 0.29) is 30.4 Å². The Hall–Kier alpha value is -2.36. The molecule has 6 N–H and O–H groups in total. The molecule has 0 bridgehead atoms. The predicted octanol–water partition coefficient (Wildman–Crippen LogP) is 0.440. The van der Waals surface area contributed by atoms with Crippen molar-refractivity contribution in [1.29, 1.82) is 0 Å². The zero-order chi connectivity index (χ0) is 19.9. The molecule has 9 nitrogen and oxygen atoms in total. The van der Waals surface area contributed by atoms with Crippen molar-refractivity contribution < 1.29 is 14.3 Å². The topological polar surface area (TPSA) is 116 Å². The van der Waals surface area contributed by atoms with Gasteiger partial charge in [0.05, 0.1) is 12.8 Å². The normalized spacial score (nSPS) is 23.4. The Balaban J connectivity index is 1.42. The van der Waals surface area contributed by atoms with Crippen molar-refractivity contribution in [3.8, 4) is 5.75 Å².